The van der Waals surface area contributed by atoms with Crippen molar-refractivity contribution in [1.82, 2.24) is 19.5 Å². The Morgan fingerprint density at radius 1 is 1.22 bits per heavy atom. The van der Waals surface area contributed by atoms with Crippen molar-refractivity contribution in [2.45, 2.75) is 26.3 Å². The molecule has 0 bridgehead atoms. The number of aromatic nitrogens is 4. The number of hydrogen-bond acceptors (Lipinski definition) is 5. The summed E-state index contributed by atoms with van der Waals surface area (Å²) in [6.07, 6.45) is 6.16. The van der Waals surface area contributed by atoms with E-state index in [1.807, 2.05) is 18.4 Å². The number of pyridine rings is 1. The summed E-state index contributed by atoms with van der Waals surface area (Å²) in [5.74, 6) is -0.694. The lowest BCUT2D eigenvalue weighted by Gasteiger charge is -2.07. The molecule has 3 heterocycles. The number of ketones is 1. The van der Waals surface area contributed by atoms with E-state index in [1.165, 1.54) is 18.6 Å². The number of amides is 1. The van der Waals surface area contributed by atoms with Crippen LogP contribution in [0.25, 0.3) is 11.0 Å². The Labute approximate surface area is 188 Å². The van der Waals surface area contributed by atoms with Gasteiger partial charge in [-0.3, -0.25) is 14.4 Å². The van der Waals surface area contributed by atoms with E-state index in [2.05, 4.69) is 20.3 Å². The van der Waals surface area contributed by atoms with Gasteiger partial charge in [0, 0.05) is 40.6 Å². The molecular formula is C23H20ClN5O3. The Bertz CT molecular complexity index is 1370. The number of H-pyrrole nitrogens is 1. The Morgan fingerprint density at radius 3 is 2.69 bits per heavy atom. The molecule has 3 aromatic heterocycles. The monoisotopic (exact) mass is 449 g/mol. The molecule has 0 fully saturated rings. The molecule has 8 nitrogen and oxygen atoms in total. The summed E-state index contributed by atoms with van der Waals surface area (Å²) in [6, 6.07) is 8.31. The van der Waals surface area contributed by atoms with E-state index in [0.717, 1.165) is 5.56 Å². The van der Waals surface area contributed by atoms with Crippen molar-refractivity contribution in [3.05, 3.63) is 87.3 Å². The third-order valence-electron chi connectivity index (χ3n) is 5.01. The summed E-state index contributed by atoms with van der Waals surface area (Å²) < 4.78 is 1.89. The maximum atomic E-state index is 13.3. The molecule has 0 atom stereocenters. The summed E-state index contributed by atoms with van der Waals surface area (Å²) in [7, 11) is 0. The molecule has 0 radical (unpaired) electrons. The van der Waals surface area contributed by atoms with Crippen LogP contribution in [0.1, 0.15) is 41.4 Å². The lowest BCUT2D eigenvalue weighted by molar-refractivity contribution is -0.115. The van der Waals surface area contributed by atoms with E-state index in [0.29, 0.717) is 21.6 Å². The highest BCUT2D eigenvalue weighted by molar-refractivity contribution is 6.30. The third kappa shape index (κ3) is 4.31. The normalized spacial score (nSPS) is 11.1. The van der Waals surface area contributed by atoms with Gasteiger partial charge in [-0.2, -0.15) is 0 Å². The van der Waals surface area contributed by atoms with Crippen molar-refractivity contribution in [1.29, 1.82) is 0 Å². The molecule has 0 saturated carbocycles. The molecule has 4 aromatic rings. The molecule has 2 N–H and O–H groups in total. The predicted molar refractivity (Wildman–Crippen MR) is 122 cm³/mol. The predicted octanol–water partition coefficient (Wildman–Crippen LogP) is 3.77. The zero-order valence-corrected chi connectivity index (χ0v) is 18.2. The molecule has 0 unspecified atom stereocenters. The maximum Gasteiger partial charge on any atom is 0.271 e. The topological polar surface area (TPSA) is 110 Å². The van der Waals surface area contributed by atoms with Crippen LogP contribution in [0, 0.1) is 0 Å². The number of nitrogens with one attached hydrogen (secondary N) is 2. The van der Waals surface area contributed by atoms with Crippen molar-refractivity contribution in [2.24, 2.45) is 0 Å². The zero-order valence-electron chi connectivity index (χ0n) is 17.4. The first-order valence-corrected chi connectivity index (χ1v) is 10.3. The average molecular weight is 450 g/mol. The molecule has 162 valence electrons. The summed E-state index contributed by atoms with van der Waals surface area (Å²) >= 11 is 5.86. The van der Waals surface area contributed by atoms with Crippen LogP contribution in [-0.2, 0) is 11.2 Å². The standard InChI is InChI=1S/C23H20ClN5O3/c1-13(2)29-11-18(17-10-25-12-27-22(17)29)21(31)15-8-19(23(32)26-9-15)28-20(30)7-14-3-5-16(24)6-4-14/h3-6,8-13H,7H2,1-2H3,(H,26,32)(H,28,30). The second kappa shape index (κ2) is 8.76. The van der Waals surface area contributed by atoms with Crippen molar-refractivity contribution < 1.29 is 9.59 Å². The first-order valence-electron chi connectivity index (χ1n) is 9.95. The van der Waals surface area contributed by atoms with Crippen molar-refractivity contribution in [3.8, 4) is 0 Å². The van der Waals surface area contributed by atoms with Gasteiger partial charge in [0.05, 0.1) is 12.0 Å². The molecule has 0 aliphatic carbocycles. The first-order chi connectivity index (χ1) is 15.3. The lowest BCUT2D eigenvalue weighted by atomic mass is 10.1. The summed E-state index contributed by atoms with van der Waals surface area (Å²) in [4.78, 5) is 48.8. The van der Waals surface area contributed by atoms with E-state index in [1.54, 1.807) is 36.7 Å². The first kappa shape index (κ1) is 21.5. The van der Waals surface area contributed by atoms with Crippen LogP contribution in [0.15, 0.2) is 60.0 Å². The lowest BCUT2D eigenvalue weighted by Crippen LogP contribution is -2.22. The number of hydrogen-bond donors (Lipinski definition) is 2. The van der Waals surface area contributed by atoms with Gasteiger partial charge in [0.15, 0.2) is 5.78 Å². The Hall–Kier alpha value is -3.78. The quantitative estimate of drug-likeness (QED) is 0.435. The van der Waals surface area contributed by atoms with Crippen LogP contribution in [0.4, 0.5) is 5.69 Å². The molecule has 0 saturated heterocycles. The van der Waals surface area contributed by atoms with Gasteiger partial charge < -0.3 is 14.9 Å². The van der Waals surface area contributed by atoms with Crippen LogP contribution in [-0.4, -0.2) is 31.2 Å². The maximum absolute atomic E-state index is 13.3. The summed E-state index contributed by atoms with van der Waals surface area (Å²) in [5.41, 5.74) is 1.55. The number of aromatic amines is 1. The van der Waals surface area contributed by atoms with Crippen LogP contribution in [0.2, 0.25) is 5.02 Å². The Balaban J connectivity index is 1.62. The molecule has 0 aliphatic rings. The minimum atomic E-state index is -0.501. The molecule has 0 aliphatic heterocycles. The van der Waals surface area contributed by atoms with Gasteiger partial charge in [-0.05, 0) is 37.6 Å². The van der Waals surface area contributed by atoms with Gasteiger partial charge in [-0.15, -0.1) is 0 Å². The zero-order chi connectivity index (χ0) is 22.8. The van der Waals surface area contributed by atoms with Gasteiger partial charge in [0.1, 0.15) is 17.7 Å². The number of carbonyl (C=O) groups excluding carboxylic acids is 2. The Kier molecular flexibility index (Phi) is 5.87. The van der Waals surface area contributed by atoms with Crippen LogP contribution < -0.4 is 10.9 Å². The van der Waals surface area contributed by atoms with Crippen LogP contribution in [0.3, 0.4) is 0 Å². The fourth-order valence-electron chi connectivity index (χ4n) is 3.41. The highest BCUT2D eigenvalue weighted by Crippen LogP contribution is 2.24. The minimum Gasteiger partial charge on any atom is -0.329 e. The largest absolute Gasteiger partial charge is 0.329 e. The minimum absolute atomic E-state index is 0.00124. The van der Waals surface area contributed by atoms with Gasteiger partial charge in [-0.25, -0.2) is 9.97 Å². The van der Waals surface area contributed by atoms with Gasteiger partial charge >= 0.3 is 0 Å². The number of anilines is 1. The number of benzene rings is 1. The van der Waals surface area contributed by atoms with Gasteiger partial charge in [0.25, 0.3) is 5.56 Å². The SMILES string of the molecule is CC(C)n1cc(C(=O)c2c[nH]c(=O)c(NC(=O)Cc3ccc(Cl)cc3)c2)c2cncnc21. The molecule has 32 heavy (non-hydrogen) atoms. The Morgan fingerprint density at radius 2 is 1.97 bits per heavy atom. The number of rotatable bonds is 6. The molecule has 9 heteroatoms. The number of nitrogens with zero attached hydrogens (tertiary/aromatic N) is 3. The van der Waals surface area contributed by atoms with Gasteiger partial charge in [0.2, 0.25) is 5.91 Å². The number of carbonyl (C=O) groups is 2. The second-order valence-electron chi connectivity index (χ2n) is 7.62. The van der Waals surface area contributed by atoms with E-state index in [9.17, 15) is 14.4 Å². The van der Waals surface area contributed by atoms with Crippen LogP contribution in [0.5, 0.6) is 0 Å². The molecule has 1 aromatic carbocycles. The highest BCUT2D eigenvalue weighted by atomic mass is 35.5. The summed E-state index contributed by atoms with van der Waals surface area (Å²) in [6.45, 7) is 3.98. The number of halogens is 1. The van der Waals surface area contributed by atoms with Crippen molar-refractivity contribution in [3.63, 3.8) is 0 Å². The average Bonchev–Trinajstić information content (AvgIpc) is 3.16. The second-order valence-corrected chi connectivity index (χ2v) is 8.05. The highest BCUT2D eigenvalue weighted by Gasteiger charge is 2.20. The fourth-order valence-corrected chi connectivity index (χ4v) is 3.53. The smallest absolute Gasteiger partial charge is 0.271 e. The van der Waals surface area contributed by atoms with E-state index < -0.39 is 5.56 Å². The van der Waals surface area contributed by atoms with Gasteiger partial charge in [-0.1, -0.05) is 23.7 Å². The van der Waals surface area contributed by atoms with E-state index in [-0.39, 0.29) is 35.4 Å². The number of fused-ring (bicyclic) bond motifs is 1. The van der Waals surface area contributed by atoms with Crippen molar-refractivity contribution in [2.75, 3.05) is 5.32 Å². The molecule has 0 spiro atoms. The molecular weight excluding hydrogens is 430 g/mol. The fraction of sp³-hybridized carbons (Fsp3) is 0.174. The van der Waals surface area contributed by atoms with Crippen molar-refractivity contribution >= 4 is 40.0 Å². The third-order valence-corrected chi connectivity index (χ3v) is 5.26. The molecule has 4 rings (SSSR count). The summed E-state index contributed by atoms with van der Waals surface area (Å²) in [5, 5.41) is 3.77. The van der Waals surface area contributed by atoms with E-state index in [4.69, 9.17) is 11.6 Å². The van der Waals surface area contributed by atoms with E-state index >= 15 is 0 Å². The molecule has 1 amide bonds. The van der Waals surface area contributed by atoms with Crippen LogP contribution >= 0.6 is 11.6 Å².